The van der Waals surface area contributed by atoms with Crippen LogP contribution in [0.2, 0.25) is 5.02 Å². The van der Waals surface area contributed by atoms with Crippen LogP contribution < -0.4 is 5.01 Å². The molecule has 1 amide bonds. The van der Waals surface area contributed by atoms with Crippen molar-refractivity contribution in [1.29, 1.82) is 0 Å². The predicted molar refractivity (Wildman–Crippen MR) is 128 cm³/mol. The Balaban J connectivity index is 1.60. The lowest BCUT2D eigenvalue weighted by Gasteiger charge is -2.10. The topological polar surface area (TPSA) is 37.6 Å². The van der Waals surface area contributed by atoms with Crippen molar-refractivity contribution in [1.82, 2.24) is 4.57 Å². The fourth-order valence-corrected chi connectivity index (χ4v) is 4.09. The summed E-state index contributed by atoms with van der Waals surface area (Å²) < 4.78 is 43.5. The van der Waals surface area contributed by atoms with Crippen molar-refractivity contribution in [3.63, 3.8) is 0 Å². The zero-order chi connectivity index (χ0) is 23.9. The smallest absolute Gasteiger partial charge is 0.342 e. The van der Waals surface area contributed by atoms with Crippen molar-refractivity contribution in [3.8, 4) is 0 Å². The first-order valence-corrected chi connectivity index (χ1v) is 10.8. The Hall–Kier alpha value is -3.84. The number of halogens is 4. The van der Waals surface area contributed by atoms with Crippen LogP contribution in [-0.2, 0) is 11.3 Å². The van der Waals surface area contributed by atoms with Gasteiger partial charge in [-0.2, -0.15) is 23.3 Å². The van der Waals surface area contributed by atoms with E-state index in [0.717, 1.165) is 21.5 Å². The van der Waals surface area contributed by atoms with Crippen molar-refractivity contribution >= 4 is 45.9 Å². The predicted octanol–water partition coefficient (Wildman–Crippen LogP) is 6.69. The highest BCUT2D eigenvalue weighted by Crippen LogP contribution is 2.34. The van der Waals surface area contributed by atoms with Gasteiger partial charge in [0.25, 0.3) is 5.91 Å². The summed E-state index contributed by atoms with van der Waals surface area (Å²) in [5, 5.41) is 5.78. The molecule has 0 saturated heterocycles. The van der Waals surface area contributed by atoms with Crippen LogP contribution in [0.5, 0.6) is 0 Å². The number of nitrogens with zero attached hydrogens (tertiary/aromatic N) is 3. The first-order valence-electron chi connectivity index (χ1n) is 10.4. The Labute approximate surface area is 198 Å². The zero-order valence-corrected chi connectivity index (χ0v) is 18.4. The van der Waals surface area contributed by atoms with Gasteiger partial charge in [0.1, 0.15) is 0 Å². The maximum atomic E-state index is 13.8. The molecule has 1 aliphatic heterocycles. The summed E-state index contributed by atoms with van der Waals surface area (Å²) in [7, 11) is 0. The molecular weight excluding hydrogens is 463 g/mol. The minimum atomic E-state index is -4.79. The van der Waals surface area contributed by atoms with Crippen LogP contribution in [0.15, 0.2) is 95.7 Å². The van der Waals surface area contributed by atoms with Gasteiger partial charge in [-0.05, 0) is 42.0 Å². The molecule has 0 spiro atoms. The van der Waals surface area contributed by atoms with Gasteiger partial charge in [0.2, 0.25) is 0 Å². The van der Waals surface area contributed by atoms with Crippen LogP contribution >= 0.6 is 11.6 Å². The van der Waals surface area contributed by atoms with E-state index in [1.165, 1.54) is 18.2 Å². The molecule has 34 heavy (non-hydrogen) atoms. The summed E-state index contributed by atoms with van der Waals surface area (Å²) in [5.41, 5.74) is 0.874. The highest BCUT2D eigenvalue weighted by atomic mass is 35.5. The van der Waals surface area contributed by atoms with E-state index < -0.39 is 23.4 Å². The number of hydrazone groups is 1. The third kappa shape index (κ3) is 4.10. The molecule has 0 radical (unpaired) electrons. The van der Waals surface area contributed by atoms with Crippen molar-refractivity contribution in [2.24, 2.45) is 5.10 Å². The molecule has 4 aromatic rings. The third-order valence-corrected chi connectivity index (χ3v) is 5.78. The number of alkyl halides is 3. The maximum Gasteiger partial charge on any atom is 0.435 e. The van der Waals surface area contributed by atoms with Crippen molar-refractivity contribution < 1.29 is 18.0 Å². The van der Waals surface area contributed by atoms with Crippen LogP contribution in [0, 0.1) is 0 Å². The van der Waals surface area contributed by atoms with Gasteiger partial charge in [0.05, 0.1) is 11.3 Å². The van der Waals surface area contributed by atoms with Crippen molar-refractivity contribution in [2.45, 2.75) is 12.7 Å². The highest BCUT2D eigenvalue weighted by Gasteiger charge is 2.46. The molecule has 0 N–H and O–H groups in total. The molecule has 0 bridgehead atoms. The largest absolute Gasteiger partial charge is 0.435 e. The van der Waals surface area contributed by atoms with E-state index in [1.54, 1.807) is 36.5 Å². The van der Waals surface area contributed by atoms with E-state index in [4.69, 9.17) is 11.6 Å². The van der Waals surface area contributed by atoms with E-state index >= 15 is 0 Å². The van der Waals surface area contributed by atoms with Gasteiger partial charge < -0.3 is 4.57 Å². The molecule has 3 aromatic carbocycles. The number of fused-ring (bicyclic) bond motifs is 1. The van der Waals surface area contributed by atoms with E-state index in [2.05, 4.69) is 5.10 Å². The number of para-hydroxylation sites is 2. The fraction of sp³-hybridized carbons (Fsp3) is 0.0769. The summed E-state index contributed by atoms with van der Waals surface area (Å²) in [4.78, 5) is 13.1. The van der Waals surface area contributed by atoms with E-state index in [0.29, 0.717) is 17.1 Å². The molecule has 5 rings (SSSR count). The molecular formula is C26H17ClF3N3O. The van der Waals surface area contributed by atoms with Gasteiger partial charge in [-0.3, -0.25) is 4.79 Å². The summed E-state index contributed by atoms with van der Waals surface area (Å²) in [6.45, 7) is 0.491. The molecule has 0 unspecified atom stereocenters. The Morgan fingerprint density at radius 3 is 2.29 bits per heavy atom. The monoisotopic (exact) mass is 479 g/mol. The molecule has 1 aromatic heterocycles. The van der Waals surface area contributed by atoms with Crippen LogP contribution in [0.4, 0.5) is 18.9 Å². The lowest BCUT2D eigenvalue weighted by atomic mass is 10.1. The number of rotatable bonds is 4. The van der Waals surface area contributed by atoms with Crippen LogP contribution in [0.3, 0.4) is 0 Å². The van der Waals surface area contributed by atoms with Gasteiger partial charge in [-0.25, -0.2) is 0 Å². The normalized spacial score (nSPS) is 15.4. The van der Waals surface area contributed by atoms with Crippen LogP contribution in [0.1, 0.15) is 11.1 Å². The van der Waals surface area contributed by atoms with Crippen LogP contribution in [-0.4, -0.2) is 22.4 Å². The van der Waals surface area contributed by atoms with Gasteiger partial charge in [0, 0.05) is 34.2 Å². The number of aromatic nitrogens is 1. The number of hydrogen-bond acceptors (Lipinski definition) is 2. The second-order valence-electron chi connectivity index (χ2n) is 7.81. The Morgan fingerprint density at radius 1 is 0.912 bits per heavy atom. The number of carbonyl (C=O) groups is 1. The summed E-state index contributed by atoms with van der Waals surface area (Å²) >= 11 is 5.98. The zero-order valence-electron chi connectivity index (χ0n) is 17.6. The molecule has 0 aliphatic carbocycles. The minimum absolute atomic E-state index is 0.266. The molecule has 8 heteroatoms. The van der Waals surface area contributed by atoms with Gasteiger partial charge in [-0.15, -0.1) is 0 Å². The number of benzene rings is 3. The maximum absolute atomic E-state index is 13.8. The first-order chi connectivity index (χ1) is 16.3. The van der Waals surface area contributed by atoms with E-state index in [1.807, 2.05) is 41.0 Å². The third-order valence-electron chi connectivity index (χ3n) is 5.53. The summed E-state index contributed by atoms with van der Waals surface area (Å²) in [5.74, 6) is -0.826. The molecule has 4 nitrogen and oxygen atoms in total. The summed E-state index contributed by atoms with van der Waals surface area (Å²) in [6, 6.07) is 22.8. The highest BCUT2D eigenvalue weighted by molar-refractivity contribution is 6.34. The molecule has 0 atom stereocenters. The molecule has 0 fully saturated rings. The Kier molecular flexibility index (Phi) is 5.49. The SMILES string of the molecule is O=C1/C(=C\c2cn(Cc3ccc(Cl)cc3)c3ccccc23)C(C(F)(F)F)=NN1c1ccccc1. The number of anilines is 1. The average Bonchev–Trinajstić information content (AvgIpc) is 3.34. The van der Waals surface area contributed by atoms with Gasteiger partial charge >= 0.3 is 6.18 Å². The number of carbonyl (C=O) groups excluding carboxylic acids is 1. The van der Waals surface area contributed by atoms with Crippen LogP contribution in [0.25, 0.3) is 17.0 Å². The standard InChI is InChI=1S/C26H17ClF3N3O/c27-19-12-10-17(11-13-19)15-32-16-18(21-8-4-5-9-23(21)32)14-22-24(26(28,29)30)31-33(25(22)34)20-6-2-1-3-7-20/h1-14,16H,15H2/b22-14-. The lowest BCUT2D eigenvalue weighted by molar-refractivity contribution is -0.114. The Bertz CT molecular complexity index is 1440. The van der Waals surface area contributed by atoms with Crippen molar-refractivity contribution in [3.05, 3.63) is 107 Å². The molecule has 1 aliphatic rings. The molecule has 2 heterocycles. The van der Waals surface area contributed by atoms with E-state index in [-0.39, 0.29) is 5.69 Å². The minimum Gasteiger partial charge on any atom is -0.342 e. The second kappa shape index (κ2) is 8.50. The van der Waals surface area contributed by atoms with Crippen molar-refractivity contribution in [2.75, 3.05) is 5.01 Å². The number of hydrogen-bond donors (Lipinski definition) is 0. The quantitative estimate of drug-likeness (QED) is 0.300. The first kappa shape index (κ1) is 22.0. The average molecular weight is 480 g/mol. The number of amides is 1. The van der Waals surface area contributed by atoms with E-state index in [9.17, 15) is 18.0 Å². The molecule has 170 valence electrons. The Morgan fingerprint density at radius 2 is 1.59 bits per heavy atom. The summed E-state index contributed by atoms with van der Waals surface area (Å²) in [6.07, 6.45) is -1.76. The molecule has 0 saturated carbocycles. The lowest BCUT2D eigenvalue weighted by Crippen LogP contribution is -2.25. The van der Waals surface area contributed by atoms with Gasteiger partial charge in [0.15, 0.2) is 5.71 Å². The van der Waals surface area contributed by atoms with Gasteiger partial charge in [-0.1, -0.05) is 60.1 Å². The fourth-order valence-electron chi connectivity index (χ4n) is 3.96. The second-order valence-corrected chi connectivity index (χ2v) is 8.25.